The van der Waals surface area contributed by atoms with Crippen LogP contribution in [0.4, 0.5) is 0 Å². The van der Waals surface area contributed by atoms with Crippen LogP contribution in [0.15, 0.2) is 16.4 Å². The lowest BCUT2D eigenvalue weighted by atomic mass is 10.1. The van der Waals surface area contributed by atoms with Crippen molar-refractivity contribution in [3.8, 4) is 11.8 Å². The van der Waals surface area contributed by atoms with Crippen molar-refractivity contribution in [3.05, 3.63) is 17.7 Å². The molecule has 2 aliphatic heterocycles. The molecule has 1 saturated heterocycles. The SMILES string of the molecule is CC#C[C@@H](O)[C@H]1O[C@@H](n2cnc3c2CC=N/C3=N/N)[C@H](O)[C@@H]1O. The van der Waals surface area contributed by atoms with Crippen molar-refractivity contribution in [1.29, 1.82) is 0 Å². The zero-order chi connectivity index (χ0) is 16.6. The molecule has 0 radical (unpaired) electrons. The number of ether oxygens (including phenoxy) is 1. The van der Waals surface area contributed by atoms with Gasteiger partial charge in [-0.2, -0.15) is 5.10 Å². The van der Waals surface area contributed by atoms with Crippen LogP contribution in [0.2, 0.25) is 0 Å². The molecule has 23 heavy (non-hydrogen) atoms. The lowest BCUT2D eigenvalue weighted by Crippen LogP contribution is -2.38. The monoisotopic (exact) mass is 319 g/mol. The number of hydrogen-bond donors (Lipinski definition) is 4. The molecule has 0 unspecified atom stereocenters. The van der Waals surface area contributed by atoms with E-state index in [1.807, 2.05) is 0 Å². The second-order valence-corrected chi connectivity index (χ2v) is 5.23. The highest BCUT2D eigenvalue weighted by molar-refractivity contribution is 6.05. The Kier molecular flexibility index (Phi) is 4.14. The molecule has 1 aromatic heterocycles. The number of fused-ring (bicyclic) bond motifs is 1. The fourth-order valence-electron chi connectivity index (χ4n) is 2.78. The second kappa shape index (κ2) is 6.10. The molecule has 122 valence electrons. The van der Waals surface area contributed by atoms with Gasteiger partial charge < -0.3 is 30.5 Å². The molecule has 5 atom stereocenters. The van der Waals surface area contributed by atoms with Gasteiger partial charge in [-0.15, -0.1) is 5.92 Å². The number of hydrogen-bond acceptors (Lipinski definition) is 7. The number of rotatable bonds is 2. The average molecular weight is 319 g/mol. The number of amidine groups is 1. The standard InChI is InChI=1S/C14H17N5O4/c1-2-3-8(20)12-10(21)11(22)14(23-12)19-6-17-9-7(19)4-5-16-13(9)18-15/h5-6,8,10-12,14,20-22H,4,15H2,1H3/b18-13+/t8-,10+,11-,12-,14-/m1/s1. The van der Waals surface area contributed by atoms with E-state index in [0.717, 1.165) is 0 Å². The van der Waals surface area contributed by atoms with E-state index in [0.29, 0.717) is 17.8 Å². The molecule has 0 aromatic carbocycles. The first-order valence-electron chi connectivity index (χ1n) is 7.07. The van der Waals surface area contributed by atoms with E-state index in [1.165, 1.54) is 6.33 Å². The summed E-state index contributed by atoms with van der Waals surface area (Å²) in [6.45, 7) is 1.57. The minimum atomic E-state index is -1.27. The van der Waals surface area contributed by atoms with Crippen molar-refractivity contribution in [2.24, 2.45) is 15.9 Å². The number of nitrogens with zero attached hydrogens (tertiary/aromatic N) is 4. The largest absolute Gasteiger partial charge is 0.387 e. The van der Waals surface area contributed by atoms with Gasteiger partial charge in [0, 0.05) is 12.6 Å². The van der Waals surface area contributed by atoms with Gasteiger partial charge in [-0.3, -0.25) is 0 Å². The predicted octanol–water partition coefficient (Wildman–Crippen LogP) is -1.87. The van der Waals surface area contributed by atoms with Crippen molar-refractivity contribution < 1.29 is 20.1 Å². The Morgan fingerprint density at radius 1 is 1.48 bits per heavy atom. The summed E-state index contributed by atoms with van der Waals surface area (Å²) < 4.78 is 7.22. The van der Waals surface area contributed by atoms with Gasteiger partial charge in [0.15, 0.2) is 12.1 Å². The topological polar surface area (TPSA) is 138 Å². The molecule has 0 amide bonds. The molecule has 0 aliphatic carbocycles. The maximum Gasteiger partial charge on any atom is 0.198 e. The molecule has 9 heteroatoms. The normalized spacial score (nSPS) is 32.4. The first-order chi connectivity index (χ1) is 11.1. The zero-order valence-corrected chi connectivity index (χ0v) is 12.4. The molecule has 3 heterocycles. The number of aliphatic imine (C=N–C) groups is 1. The van der Waals surface area contributed by atoms with Gasteiger partial charge in [0.2, 0.25) is 0 Å². The fourth-order valence-corrected chi connectivity index (χ4v) is 2.78. The molecule has 5 N–H and O–H groups in total. The second-order valence-electron chi connectivity index (χ2n) is 5.23. The fraction of sp³-hybridized carbons (Fsp3) is 0.500. The number of aliphatic hydroxyl groups excluding tert-OH is 3. The summed E-state index contributed by atoms with van der Waals surface area (Å²) in [7, 11) is 0. The number of aromatic nitrogens is 2. The van der Waals surface area contributed by atoms with Crippen molar-refractivity contribution >= 4 is 12.1 Å². The molecule has 0 spiro atoms. The van der Waals surface area contributed by atoms with Gasteiger partial charge in [-0.25, -0.2) is 9.98 Å². The van der Waals surface area contributed by atoms with E-state index in [4.69, 9.17) is 10.6 Å². The van der Waals surface area contributed by atoms with Crippen LogP contribution in [-0.2, 0) is 11.2 Å². The summed E-state index contributed by atoms with van der Waals surface area (Å²) >= 11 is 0. The van der Waals surface area contributed by atoms with Crippen LogP contribution in [0.1, 0.15) is 24.5 Å². The van der Waals surface area contributed by atoms with E-state index >= 15 is 0 Å². The highest BCUT2D eigenvalue weighted by Gasteiger charge is 2.47. The number of hydrazone groups is 1. The van der Waals surface area contributed by atoms with Crippen molar-refractivity contribution in [3.63, 3.8) is 0 Å². The highest BCUT2D eigenvalue weighted by atomic mass is 16.6. The van der Waals surface area contributed by atoms with Gasteiger partial charge in [-0.1, -0.05) is 5.92 Å². The number of imidazole rings is 1. The minimum Gasteiger partial charge on any atom is -0.387 e. The molecule has 2 aliphatic rings. The molecular weight excluding hydrogens is 302 g/mol. The van der Waals surface area contributed by atoms with Crippen molar-refractivity contribution in [2.75, 3.05) is 0 Å². The Morgan fingerprint density at radius 3 is 2.96 bits per heavy atom. The van der Waals surface area contributed by atoms with Gasteiger partial charge in [0.05, 0.1) is 12.0 Å². The van der Waals surface area contributed by atoms with Crippen LogP contribution in [0.25, 0.3) is 0 Å². The Hall–Kier alpha value is -2.25. The van der Waals surface area contributed by atoms with Crippen LogP contribution < -0.4 is 5.84 Å². The van der Waals surface area contributed by atoms with Gasteiger partial charge in [-0.05, 0) is 6.92 Å². The first kappa shape index (κ1) is 15.6. The van der Waals surface area contributed by atoms with Crippen LogP contribution in [0, 0.1) is 11.8 Å². The maximum absolute atomic E-state index is 10.3. The highest BCUT2D eigenvalue weighted by Crippen LogP contribution is 2.33. The molecule has 0 saturated carbocycles. The van der Waals surface area contributed by atoms with Crippen molar-refractivity contribution in [2.45, 2.75) is 44.0 Å². The Morgan fingerprint density at radius 2 is 2.26 bits per heavy atom. The summed E-state index contributed by atoms with van der Waals surface area (Å²) in [6.07, 6.45) is -2.07. The van der Waals surface area contributed by atoms with Gasteiger partial charge in [0.25, 0.3) is 0 Å². The van der Waals surface area contributed by atoms with Gasteiger partial charge >= 0.3 is 0 Å². The smallest absolute Gasteiger partial charge is 0.198 e. The maximum atomic E-state index is 10.3. The Labute approximate surface area is 132 Å². The van der Waals surface area contributed by atoms with E-state index < -0.39 is 30.6 Å². The van der Waals surface area contributed by atoms with E-state index in [-0.39, 0.29) is 5.84 Å². The molecule has 1 fully saturated rings. The van der Waals surface area contributed by atoms with Crippen LogP contribution in [-0.4, -0.2) is 61.3 Å². The Balaban J connectivity index is 1.92. The number of aliphatic hydroxyl groups is 3. The third-order valence-electron chi connectivity index (χ3n) is 3.88. The molecule has 9 nitrogen and oxygen atoms in total. The number of nitrogens with two attached hydrogens (primary N) is 1. The summed E-state index contributed by atoms with van der Waals surface area (Å²) in [5.41, 5.74) is 1.20. The van der Waals surface area contributed by atoms with Crippen LogP contribution in [0.3, 0.4) is 0 Å². The van der Waals surface area contributed by atoms with Crippen LogP contribution >= 0.6 is 0 Å². The molecule has 0 bridgehead atoms. The quantitative estimate of drug-likeness (QED) is 0.286. The lowest BCUT2D eigenvalue weighted by Gasteiger charge is -2.20. The molecule has 3 rings (SSSR count). The predicted molar refractivity (Wildman–Crippen MR) is 80.5 cm³/mol. The zero-order valence-electron chi connectivity index (χ0n) is 12.4. The first-order valence-corrected chi connectivity index (χ1v) is 7.07. The van der Waals surface area contributed by atoms with Crippen LogP contribution in [0.5, 0.6) is 0 Å². The van der Waals surface area contributed by atoms with E-state index in [2.05, 4.69) is 26.9 Å². The Bertz CT molecular complexity index is 716. The minimum absolute atomic E-state index is 0.284. The van der Waals surface area contributed by atoms with E-state index in [1.54, 1.807) is 17.7 Å². The summed E-state index contributed by atoms with van der Waals surface area (Å²) in [5, 5.41) is 33.9. The lowest BCUT2D eigenvalue weighted by molar-refractivity contribution is -0.0694. The molecule has 1 aromatic rings. The average Bonchev–Trinajstić information content (AvgIpc) is 3.10. The van der Waals surface area contributed by atoms with Gasteiger partial charge in [0.1, 0.15) is 30.1 Å². The van der Waals surface area contributed by atoms with E-state index in [9.17, 15) is 15.3 Å². The summed E-state index contributed by atoms with van der Waals surface area (Å²) in [5.74, 6) is 10.6. The van der Waals surface area contributed by atoms with Crippen molar-refractivity contribution in [1.82, 2.24) is 9.55 Å². The summed E-state index contributed by atoms with van der Waals surface area (Å²) in [4.78, 5) is 8.24. The third-order valence-corrected chi connectivity index (χ3v) is 3.88. The third kappa shape index (κ3) is 2.51. The summed E-state index contributed by atoms with van der Waals surface area (Å²) in [6, 6.07) is 0. The molecular formula is C14H17N5O4.